The van der Waals surface area contributed by atoms with E-state index in [1.165, 1.54) is 6.26 Å². The minimum absolute atomic E-state index is 0.0182. The number of hydrogen-bond acceptors (Lipinski definition) is 4. The number of aromatic nitrogens is 1. The fourth-order valence-electron chi connectivity index (χ4n) is 3.27. The molecule has 3 heterocycles. The number of oxazole rings is 1. The van der Waals surface area contributed by atoms with Gasteiger partial charge in [0.15, 0.2) is 5.69 Å². The van der Waals surface area contributed by atoms with Crippen molar-refractivity contribution in [3.63, 3.8) is 0 Å². The van der Waals surface area contributed by atoms with Crippen LogP contribution in [-0.4, -0.2) is 42.0 Å². The van der Waals surface area contributed by atoms with Gasteiger partial charge in [0.2, 0.25) is 5.89 Å². The topological polar surface area (TPSA) is 58.4 Å². The van der Waals surface area contributed by atoms with Crippen LogP contribution in [-0.2, 0) is 0 Å². The van der Waals surface area contributed by atoms with Crippen LogP contribution in [0.15, 0.2) is 41.0 Å². The zero-order valence-electron chi connectivity index (χ0n) is 11.7. The van der Waals surface area contributed by atoms with Gasteiger partial charge in [-0.1, -0.05) is 18.2 Å². The summed E-state index contributed by atoms with van der Waals surface area (Å²) in [5.41, 5.74) is 1.29. The van der Waals surface area contributed by atoms with E-state index >= 15 is 0 Å². The molecule has 0 saturated carbocycles. The number of likely N-dealkylation sites (tertiary alicyclic amines) is 1. The summed E-state index contributed by atoms with van der Waals surface area (Å²) < 4.78 is 5.45. The molecular weight excluding hydrogens is 266 g/mol. The first-order valence-electron chi connectivity index (χ1n) is 7.32. The first kappa shape index (κ1) is 12.6. The molecule has 4 rings (SSSR count). The van der Waals surface area contributed by atoms with Crippen LogP contribution >= 0.6 is 0 Å². The van der Waals surface area contributed by atoms with E-state index in [1.54, 1.807) is 0 Å². The number of amides is 1. The molecule has 2 atom stereocenters. The highest BCUT2D eigenvalue weighted by Crippen LogP contribution is 2.28. The standard InChI is InChI=1S/C16H17N3O2/c20-16(19-8-12-6-17-7-13(12)9-19)14-10-21-15(18-14)11-4-2-1-3-5-11/h1-5,10,12-13,17H,6-9H2/t12-,13+. The number of fused-ring (bicyclic) bond motifs is 1. The minimum atomic E-state index is -0.0182. The summed E-state index contributed by atoms with van der Waals surface area (Å²) in [7, 11) is 0. The zero-order valence-corrected chi connectivity index (χ0v) is 11.7. The summed E-state index contributed by atoms with van der Waals surface area (Å²) >= 11 is 0. The molecule has 21 heavy (non-hydrogen) atoms. The number of nitrogens with zero attached hydrogens (tertiary/aromatic N) is 2. The predicted molar refractivity (Wildman–Crippen MR) is 77.7 cm³/mol. The van der Waals surface area contributed by atoms with E-state index in [1.807, 2.05) is 35.2 Å². The SMILES string of the molecule is O=C(c1coc(-c2ccccc2)n1)N1C[C@H]2CNC[C@H]2C1. The van der Waals surface area contributed by atoms with Crippen molar-refractivity contribution in [2.24, 2.45) is 11.8 Å². The van der Waals surface area contributed by atoms with Crippen LogP contribution in [0.25, 0.3) is 11.5 Å². The molecular formula is C16H17N3O2. The number of nitrogens with one attached hydrogen (secondary N) is 1. The Kier molecular flexibility index (Phi) is 3.00. The second-order valence-electron chi connectivity index (χ2n) is 5.79. The Morgan fingerprint density at radius 2 is 1.90 bits per heavy atom. The van der Waals surface area contributed by atoms with Crippen molar-refractivity contribution in [2.45, 2.75) is 0 Å². The second-order valence-corrected chi connectivity index (χ2v) is 5.79. The Labute approximate surface area is 123 Å². The third kappa shape index (κ3) is 2.23. The van der Waals surface area contributed by atoms with Crippen molar-refractivity contribution in [1.29, 1.82) is 0 Å². The maximum Gasteiger partial charge on any atom is 0.275 e. The minimum Gasteiger partial charge on any atom is -0.444 e. The summed E-state index contributed by atoms with van der Waals surface area (Å²) in [5.74, 6) is 1.67. The zero-order chi connectivity index (χ0) is 14.2. The lowest BCUT2D eigenvalue weighted by Crippen LogP contribution is -2.32. The maximum atomic E-state index is 12.5. The van der Waals surface area contributed by atoms with E-state index in [2.05, 4.69) is 10.3 Å². The summed E-state index contributed by atoms with van der Waals surface area (Å²) in [6, 6.07) is 9.64. The van der Waals surface area contributed by atoms with Gasteiger partial charge in [0.1, 0.15) is 6.26 Å². The average Bonchev–Trinajstić information content (AvgIpc) is 3.22. The largest absolute Gasteiger partial charge is 0.444 e. The highest BCUT2D eigenvalue weighted by atomic mass is 16.3. The first-order valence-corrected chi connectivity index (χ1v) is 7.32. The third-order valence-corrected chi connectivity index (χ3v) is 4.42. The molecule has 1 aromatic heterocycles. The van der Waals surface area contributed by atoms with Crippen LogP contribution in [0.5, 0.6) is 0 Å². The van der Waals surface area contributed by atoms with Crippen molar-refractivity contribution >= 4 is 5.91 Å². The molecule has 0 aliphatic carbocycles. The summed E-state index contributed by atoms with van der Waals surface area (Å²) in [6.07, 6.45) is 1.47. The normalized spacial score (nSPS) is 24.3. The fourth-order valence-corrected chi connectivity index (χ4v) is 3.27. The molecule has 1 amide bonds. The van der Waals surface area contributed by atoms with Crippen LogP contribution < -0.4 is 5.32 Å². The Morgan fingerprint density at radius 3 is 2.62 bits per heavy atom. The van der Waals surface area contributed by atoms with Gasteiger partial charge in [-0.25, -0.2) is 4.98 Å². The van der Waals surface area contributed by atoms with Crippen LogP contribution in [0.1, 0.15) is 10.5 Å². The van der Waals surface area contributed by atoms with E-state index in [0.29, 0.717) is 23.4 Å². The molecule has 2 aliphatic heterocycles. The van der Waals surface area contributed by atoms with Crippen molar-refractivity contribution in [1.82, 2.24) is 15.2 Å². The molecule has 0 spiro atoms. The van der Waals surface area contributed by atoms with Gasteiger partial charge in [-0.3, -0.25) is 4.79 Å². The van der Waals surface area contributed by atoms with E-state index in [-0.39, 0.29) is 5.91 Å². The molecule has 1 N–H and O–H groups in total. The van der Waals surface area contributed by atoms with E-state index in [4.69, 9.17) is 4.42 Å². The van der Waals surface area contributed by atoms with Gasteiger partial charge in [-0.15, -0.1) is 0 Å². The van der Waals surface area contributed by atoms with E-state index in [0.717, 1.165) is 31.7 Å². The molecule has 5 heteroatoms. The number of carbonyl (C=O) groups is 1. The van der Waals surface area contributed by atoms with Crippen LogP contribution in [0, 0.1) is 11.8 Å². The van der Waals surface area contributed by atoms with Crippen molar-refractivity contribution in [3.05, 3.63) is 42.3 Å². The monoisotopic (exact) mass is 283 g/mol. The summed E-state index contributed by atoms with van der Waals surface area (Å²) in [6.45, 7) is 3.68. The number of rotatable bonds is 2. The molecule has 2 fully saturated rings. The second kappa shape index (κ2) is 5.00. The predicted octanol–water partition coefficient (Wildman–Crippen LogP) is 1.63. The van der Waals surface area contributed by atoms with E-state index < -0.39 is 0 Å². The fraction of sp³-hybridized carbons (Fsp3) is 0.375. The number of benzene rings is 1. The molecule has 0 bridgehead atoms. The summed E-state index contributed by atoms with van der Waals surface area (Å²) in [5, 5.41) is 3.38. The Bertz CT molecular complexity index is 641. The van der Waals surface area contributed by atoms with Crippen LogP contribution in [0.3, 0.4) is 0 Å². The third-order valence-electron chi connectivity index (χ3n) is 4.42. The van der Waals surface area contributed by atoms with Crippen LogP contribution in [0.4, 0.5) is 0 Å². The van der Waals surface area contributed by atoms with Gasteiger partial charge in [-0.2, -0.15) is 0 Å². The van der Waals surface area contributed by atoms with Gasteiger partial charge >= 0.3 is 0 Å². The van der Waals surface area contributed by atoms with Gasteiger partial charge in [0, 0.05) is 31.7 Å². The van der Waals surface area contributed by atoms with Gasteiger partial charge in [-0.05, 0) is 24.0 Å². The first-order chi connectivity index (χ1) is 10.3. The lowest BCUT2D eigenvalue weighted by atomic mass is 10.0. The lowest BCUT2D eigenvalue weighted by molar-refractivity contribution is 0.0776. The van der Waals surface area contributed by atoms with Gasteiger partial charge < -0.3 is 14.6 Å². The van der Waals surface area contributed by atoms with Crippen molar-refractivity contribution in [3.8, 4) is 11.5 Å². The quantitative estimate of drug-likeness (QED) is 0.910. The van der Waals surface area contributed by atoms with Gasteiger partial charge in [0.05, 0.1) is 0 Å². The lowest BCUT2D eigenvalue weighted by Gasteiger charge is -2.15. The number of carbonyl (C=O) groups excluding carboxylic acids is 1. The maximum absolute atomic E-state index is 12.5. The molecule has 2 saturated heterocycles. The molecule has 1 aromatic carbocycles. The highest BCUT2D eigenvalue weighted by molar-refractivity contribution is 5.92. The molecule has 0 radical (unpaired) electrons. The van der Waals surface area contributed by atoms with E-state index in [9.17, 15) is 4.79 Å². The molecule has 0 unspecified atom stereocenters. The van der Waals surface area contributed by atoms with Crippen molar-refractivity contribution < 1.29 is 9.21 Å². The van der Waals surface area contributed by atoms with Crippen molar-refractivity contribution in [2.75, 3.05) is 26.2 Å². The highest BCUT2D eigenvalue weighted by Gasteiger charge is 2.38. The van der Waals surface area contributed by atoms with Gasteiger partial charge in [0.25, 0.3) is 5.91 Å². The molecule has 5 nitrogen and oxygen atoms in total. The smallest absolute Gasteiger partial charge is 0.275 e. The number of hydrogen-bond donors (Lipinski definition) is 1. The molecule has 2 aromatic rings. The summed E-state index contributed by atoms with van der Waals surface area (Å²) in [4.78, 5) is 18.8. The van der Waals surface area contributed by atoms with Crippen LogP contribution in [0.2, 0.25) is 0 Å². The Morgan fingerprint density at radius 1 is 1.19 bits per heavy atom. The Hall–Kier alpha value is -2.14. The molecule has 108 valence electrons. The molecule has 2 aliphatic rings. The Balaban J connectivity index is 1.52. The average molecular weight is 283 g/mol.